The van der Waals surface area contributed by atoms with E-state index in [4.69, 9.17) is 5.26 Å². The maximum atomic E-state index is 9.15. The predicted octanol–water partition coefficient (Wildman–Crippen LogP) is 3.53. The second kappa shape index (κ2) is 6.87. The third kappa shape index (κ3) is 3.24. The van der Waals surface area contributed by atoms with Crippen LogP contribution < -0.4 is 0 Å². The van der Waals surface area contributed by atoms with Gasteiger partial charge in [0.05, 0.1) is 11.5 Å². The van der Waals surface area contributed by atoms with Crippen molar-refractivity contribution in [1.29, 1.82) is 5.26 Å². The van der Waals surface area contributed by atoms with Gasteiger partial charge < -0.3 is 0 Å². The first-order valence-electron chi connectivity index (χ1n) is 7.02. The Morgan fingerprint density at radius 3 is 2.39 bits per heavy atom. The smallest absolute Gasteiger partial charge is 0.243 e. The SMILES string of the molecule is Cc1cc(C)c(-n2nc(C#N)nc2-c2[c-]cccc2)c(C)c1.[Ir]. The number of hydrogen-bond acceptors (Lipinski definition) is 3. The summed E-state index contributed by atoms with van der Waals surface area (Å²) in [5.41, 5.74) is 5.18. The van der Waals surface area contributed by atoms with Crippen LogP contribution in [-0.4, -0.2) is 14.8 Å². The number of aromatic nitrogens is 3. The van der Waals surface area contributed by atoms with Gasteiger partial charge in [0.1, 0.15) is 6.07 Å². The molecule has 1 aromatic heterocycles. The van der Waals surface area contributed by atoms with Gasteiger partial charge in [0.25, 0.3) is 0 Å². The zero-order chi connectivity index (χ0) is 15.7. The fourth-order valence-corrected chi connectivity index (χ4v) is 2.73. The number of hydrogen-bond donors (Lipinski definition) is 0. The third-order valence-corrected chi connectivity index (χ3v) is 3.50. The zero-order valence-electron chi connectivity index (χ0n) is 13.1. The molecule has 1 radical (unpaired) electrons. The molecular formula is C18H15IrN4-. The molecule has 0 bridgehead atoms. The van der Waals surface area contributed by atoms with Crippen molar-refractivity contribution < 1.29 is 20.1 Å². The van der Waals surface area contributed by atoms with Gasteiger partial charge in [0.15, 0.2) is 0 Å². The van der Waals surface area contributed by atoms with Crippen molar-refractivity contribution in [3.05, 3.63) is 65.0 Å². The summed E-state index contributed by atoms with van der Waals surface area (Å²) in [6.07, 6.45) is 0. The monoisotopic (exact) mass is 480 g/mol. The van der Waals surface area contributed by atoms with E-state index in [-0.39, 0.29) is 25.9 Å². The summed E-state index contributed by atoms with van der Waals surface area (Å²) < 4.78 is 1.74. The molecule has 3 rings (SSSR count). The molecule has 5 heteroatoms. The third-order valence-electron chi connectivity index (χ3n) is 3.50. The van der Waals surface area contributed by atoms with Crippen LogP contribution >= 0.6 is 0 Å². The van der Waals surface area contributed by atoms with Crippen molar-refractivity contribution in [1.82, 2.24) is 14.8 Å². The van der Waals surface area contributed by atoms with Crippen molar-refractivity contribution >= 4 is 0 Å². The van der Waals surface area contributed by atoms with Crippen LogP contribution in [0.1, 0.15) is 22.5 Å². The summed E-state index contributed by atoms with van der Waals surface area (Å²) in [4.78, 5) is 4.34. The van der Waals surface area contributed by atoms with Crippen molar-refractivity contribution in [3.63, 3.8) is 0 Å². The molecule has 0 aliphatic rings. The number of nitriles is 1. The summed E-state index contributed by atoms with van der Waals surface area (Å²) in [7, 11) is 0. The van der Waals surface area contributed by atoms with E-state index < -0.39 is 0 Å². The quantitative estimate of drug-likeness (QED) is 0.529. The Kier molecular flexibility index (Phi) is 5.10. The van der Waals surface area contributed by atoms with E-state index >= 15 is 0 Å². The van der Waals surface area contributed by atoms with Gasteiger partial charge in [-0.15, -0.1) is 41.0 Å². The summed E-state index contributed by atoms with van der Waals surface area (Å²) >= 11 is 0. The Morgan fingerprint density at radius 1 is 1.13 bits per heavy atom. The van der Waals surface area contributed by atoms with Gasteiger partial charge in [-0.3, -0.25) is 4.68 Å². The van der Waals surface area contributed by atoms with Crippen LogP contribution in [0.25, 0.3) is 17.1 Å². The fraction of sp³-hybridized carbons (Fsp3) is 0.167. The number of rotatable bonds is 2. The minimum Gasteiger partial charge on any atom is -0.252 e. The maximum Gasteiger partial charge on any atom is 0.243 e. The molecule has 3 aromatic rings. The van der Waals surface area contributed by atoms with Crippen LogP contribution in [0, 0.1) is 38.2 Å². The average molecular weight is 480 g/mol. The summed E-state index contributed by atoms with van der Waals surface area (Å²) in [5.74, 6) is 0.791. The van der Waals surface area contributed by atoms with Crippen LogP contribution in [0.3, 0.4) is 0 Å². The predicted molar refractivity (Wildman–Crippen MR) is 84.6 cm³/mol. The molecule has 0 aliphatic carbocycles. The number of aryl methyl sites for hydroxylation is 3. The van der Waals surface area contributed by atoms with Gasteiger partial charge in [-0.2, -0.15) is 5.26 Å². The van der Waals surface area contributed by atoms with Gasteiger partial charge in [-0.1, -0.05) is 17.7 Å². The van der Waals surface area contributed by atoms with Crippen LogP contribution in [-0.2, 0) is 20.1 Å². The Balaban J connectivity index is 0.00000192. The van der Waals surface area contributed by atoms with Crippen LogP contribution in [0.15, 0.2) is 36.4 Å². The van der Waals surface area contributed by atoms with E-state index in [9.17, 15) is 0 Å². The molecule has 23 heavy (non-hydrogen) atoms. The molecule has 0 unspecified atom stereocenters. The van der Waals surface area contributed by atoms with Crippen molar-refractivity contribution in [2.45, 2.75) is 20.8 Å². The zero-order valence-corrected chi connectivity index (χ0v) is 15.5. The Morgan fingerprint density at radius 2 is 1.83 bits per heavy atom. The molecule has 0 spiro atoms. The number of benzene rings is 2. The minimum absolute atomic E-state index is 0. The normalized spacial score (nSPS) is 10.0. The first-order chi connectivity index (χ1) is 10.6. The van der Waals surface area contributed by atoms with E-state index in [0.717, 1.165) is 22.4 Å². The number of nitrogens with zero attached hydrogens (tertiary/aromatic N) is 4. The fourth-order valence-electron chi connectivity index (χ4n) is 2.73. The van der Waals surface area contributed by atoms with Gasteiger partial charge in [-0.05, 0) is 31.9 Å². The molecule has 0 saturated carbocycles. The molecule has 0 amide bonds. The molecule has 1 heterocycles. The second-order valence-corrected chi connectivity index (χ2v) is 5.31. The molecule has 117 valence electrons. The largest absolute Gasteiger partial charge is 0.252 e. The van der Waals surface area contributed by atoms with E-state index in [1.165, 1.54) is 5.56 Å². The van der Waals surface area contributed by atoms with Crippen molar-refractivity contribution in [2.75, 3.05) is 0 Å². The van der Waals surface area contributed by atoms with Gasteiger partial charge in [0.2, 0.25) is 5.82 Å². The molecule has 0 N–H and O–H groups in total. The van der Waals surface area contributed by atoms with Crippen LogP contribution in [0.4, 0.5) is 0 Å². The Labute approximate surface area is 149 Å². The van der Waals surface area contributed by atoms with Crippen LogP contribution in [0.2, 0.25) is 0 Å². The Hall–Kier alpha value is -2.28. The topological polar surface area (TPSA) is 54.5 Å². The van der Waals surface area contributed by atoms with Gasteiger partial charge in [-0.25, -0.2) is 4.98 Å². The summed E-state index contributed by atoms with van der Waals surface area (Å²) in [5, 5.41) is 13.5. The van der Waals surface area contributed by atoms with E-state index in [0.29, 0.717) is 5.82 Å². The molecule has 4 nitrogen and oxygen atoms in total. The molecule has 2 aromatic carbocycles. The first-order valence-corrected chi connectivity index (χ1v) is 7.02. The van der Waals surface area contributed by atoms with Crippen molar-refractivity contribution in [3.8, 4) is 23.1 Å². The van der Waals surface area contributed by atoms with E-state index in [1.807, 2.05) is 44.2 Å². The minimum atomic E-state index is 0. The standard InChI is InChI=1S/C18H15N4.Ir/c1-12-9-13(2)17(14(3)10-12)22-18(20-16(11-19)21-22)15-7-5-4-6-8-15;/h4-7,9-10H,1-3H3;/q-1;. The average Bonchev–Trinajstić information content (AvgIpc) is 2.91. The van der Waals surface area contributed by atoms with Crippen molar-refractivity contribution in [2.24, 2.45) is 0 Å². The molecule has 0 saturated heterocycles. The molecular weight excluding hydrogens is 464 g/mol. The first kappa shape index (κ1) is 17.1. The molecule has 0 atom stereocenters. The second-order valence-electron chi connectivity index (χ2n) is 5.31. The summed E-state index contributed by atoms with van der Waals surface area (Å²) in [6.45, 7) is 6.15. The van der Waals surface area contributed by atoms with Gasteiger partial charge in [0, 0.05) is 20.1 Å². The Bertz CT molecular complexity index is 853. The maximum absolute atomic E-state index is 9.15. The summed E-state index contributed by atoms with van der Waals surface area (Å²) in [6, 6.07) is 17.0. The van der Waals surface area contributed by atoms with Crippen LogP contribution in [0.5, 0.6) is 0 Å². The molecule has 0 fully saturated rings. The van der Waals surface area contributed by atoms with E-state index in [2.05, 4.69) is 35.2 Å². The van der Waals surface area contributed by atoms with Gasteiger partial charge >= 0.3 is 0 Å². The van der Waals surface area contributed by atoms with E-state index in [1.54, 1.807) is 4.68 Å². The molecule has 0 aliphatic heterocycles.